The molecule has 0 saturated carbocycles. The number of carboxylic acid groups (broad SMARTS) is 1. The molecule has 0 heterocycles. The van der Waals surface area contributed by atoms with Gasteiger partial charge in [0.2, 0.25) is 0 Å². The summed E-state index contributed by atoms with van der Waals surface area (Å²) in [6.45, 7) is 0.0906. The molecule has 2 aromatic rings. The third-order valence-electron chi connectivity index (χ3n) is 2.97. The van der Waals surface area contributed by atoms with Crippen molar-refractivity contribution in [1.29, 1.82) is 0 Å². The Morgan fingerprint density at radius 1 is 1.04 bits per heavy atom. The van der Waals surface area contributed by atoms with Gasteiger partial charge in [-0.2, -0.15) is 5.10 Å². The Hall–Kier alpha value is -3.15. The van der Waals surface area contributed by atoms with Crippen molar-refractivity contribution in [2.45, 2.75) is 6.61 Å². The maximum atomic E-state index is 11.9. The van der Waals surface area contributed by atoms with E-state index >= 15 is 0 Å². The monoisotopic (exact) mass is 312 g/mol. The van der Waals surface area contributed by atoms with E-state index in [9.17, 15) is 14.7 Å². The van der Waals surface area contributed by atoms with Crippen molar-refractivity contribution in [3.63, 3.8) is 0 Å². The van der Waals surface area contributed by atoms with Crippen LogP contribution in [-0.2, 0) is 16.1 Å². The molecule has 6 heteroatoms. The summed E-state index contributed by atoms with van der Waals surface area (Å²) in [6, 6.07) is 17.6. The van der Waals surface area contributed by atoms with Crippen LogP contribution in [0.5, 0.6) is 0 Å². The van der Waals surface area contributed by atoms with Crippen molar-refractivity contribution in [3.8, 4) is 0 Å². The first-order valence-electron chi connectivity index (χ1n) is 6.89. The van der Waals surface area contributed by atoms with Gasteiger partial charge in [-0.3, -0.25) is 0 Å². The molecule has 1 N–H and O–H groups in total. The summed E-state index contributed by atoms with van der Waals surface area (Å²) >= 11 is 0. The van der Waals surface area contributed by atoms with Crippen molar-refractivity contribution in [2.75, 3.05) is 7.05 Å². The van der Waals surface area contributed by atoms with Crippen LogP contribution in [0, 0.1) is 0 Å². The van der Waals surface area contributed by atoms with Crippen LogP contribution in [-0.4, -0.2) is 34.9 Å². The van der Waals surface area contributed by atoms with Crippen LogP contribution >= 0.6 is 0 Å². The maximum absolute atomic E-state index is 11.9. The molecule has 0 bridgehead atoms. The second kappa shape index (κ2) is 7.74. The van der Waals surface area contributed by atoms with E-state index in [4.69, 9.17) is 4.74 Å². The highest BCUT2D eigenvalue weighted by molar-refractivity contribution is 6.42. The Balaban J connectivity index is 2.06. The van der Waals surface area contributed by atoms with Crippen LogP contribution in [0.25, 0.3) is 0 Å². The van der Waals surface area contributed by atoms with E-state index in [1.54, 1.807) is 30.3 Å². The quantitative estimate of drug-likeness (QED) is 0.680. The SMILES string of the molecule is CN(/N=C(\C(=O)O)c1ccccc1)C(=O)OCc1ccccc1. The number of carboxylic acids is 1. The Morgan fingerprint density at radius 3 is 2.17 bits per heavy atom. The van der Waals surface area contributed by atoms with Gasteiger partial charge in [-0.25, -0.2) is 14.6 Å². The van der Waals surface area contributed by atoms with Crippen LogP contribution < -0.4 is 0 Å². The summed E-state index contributed by atoms with van der Waals surface area (Å²) in [5.41, 5.74) is 1.01. The van der Waals surface area contributed by atoms with Crippen LogP contribution in [0.4, 0.5) is 4.79 Å². The second-order valence-corrected chi connectivity index (χ2v) is 4.68. The number of ether oxygens (including phenoxy) is 1. The number of carbonyl (C=O) groups excluding carboxylic acids is 1. The lowest BCUT2D eigenvalue weighted by atomic mass is 10.1. The van der Waals surface area contributed by atoms with Gasteiger partial charge >= 0.3 is 12.1 Å². The molecule has 0 aliphatic rings. The maximum Gasteiger partial charge on any atom is 0.430 e. The van der Waals surface area contributed by atoms with Gasteiger partial charge < -0.3 is 9.84 Å². The fourth-order valence-corrected chi connectivity index (χ4v) is 1.82. The minimum atomic E-state index is -1.22. The lowest BCUT2D eigenvalue weighted by Gasteiger charge is -2.13. The molecule has 0 radical (unpaired) electrons. The number of aliphatic carboxylic acids is 1. The first kappa shape index (κ1) is 16.2. The Morgan fingerprint density at radius 2 is 1.61 bits per heavy atom. The highest BCUT2D eigenvalue weighted by Crippen LogP contribution is 2.06. The first-order chi connectivity index (χ1) is 11.1. The predicted octanol–water partition coefficient (Wildman–Crippen LogP) is 2.74. The number of hydrogen-bond acceptors (Lipinski definition) is 4. The second-order valence-electron chi connectivity index (χ2n) is 4.68. The molecule has 0 aliphatic carbocycles. The Labute approximate surface area is 133 Å². The van der Waals surface area contributed by atoms with E-state index in [0.717, 1.165) is 10.6 Å². The van der Waals surface area contributed by atoms with Gasteiger partial charge in [-0.05, 0) is 5.56 Å². The van der Waals surface area contributed by atoms with Crippen molar-refractivity contribution in [1.82, 2.24) is 5.01 Å². The van der Waals surface area contributed by atoms with Gasteiger partial charge in [0.05, 0.1) is 0 Å². The lowest BCUT2D eigenvalue weighted by Crippen LogP contribution is -2.26. The molecule has 6 nitrogen and oxygen atoms in total. The molecule has 0 saturated heterocycles. The van der Waals surface area contributed by atoms with Crippen molar-refractivity contribution < 1.29 is 19.4 Å². The van der Waals surface area contributed by atoms with Crippen molar-refractivity contribution in [3.05, 3.63) is 71.8 Å². The molecule has 0 aromatic heterocycles. The zero-order chi connectivity index (χ0) is 16.7. The smallest absolute Gasteiger partial charge is 0.430 e. The molecule has 23 heavy (non-hydrogen) atoms. The minimum Gasteiger partial charge on any atom is -0.476 e. The zero-order valence-corrected chi connectivity index (χ0v) is 12.5. The molecular weight excluding hydrogens is 296 g/mol. The van der Waals surface area contributed by atoms with Crippen LogP contribution in [0.3, 0.4) is 0 Å². The standard InChI is InChI=1S/C17H16N2O4/c1-19(17(22)23-12-13-8-4-2-5-9-13)18-15(16(20)21)14-10-6-3-7-11-14/h2-11H,12H2,1H3,(H,20,21)/b18-15-. The molecular formula is C17H16N2O4. The van der Waals surface area contributed by atoms with Crippen LogP contribution in [0.1, 0.15) is 11.1 Å². The topological polar surface area (TPSA) is 79.2 Å². The average Bonchev–Trinajstić information content (AvgIpc) is 2.58. The van der Waals surface area contributed by atoms with Gasteiger partial charge in [0.15, 0.2) is 5.71 Å². The van der Waals surface area contributed by atoms with Crippen molar-refractivity contribution >= 4 is 17.8 Å². The molecule has 0 unspecified atom stereocenters. The average molecular weight is 312 g/mol. The normalized spacial score (nSPS) is 10.9. The van der Waals surface area contributed by atoms with Gasteiger partial charge in [-0.15, -0.1) is 0 Å². The van der Waals surface area contributed by atoms with Crippen LogP contribution in [0.15, 0.2) is 65.8 Å². The summed E-state index contributed by atoms with van der Waals surface area (Å²) < 4.78 is 5.09. The summed E-state index contributed by atoms with van der Waals surface area (Å²) in [7, 11) is 1.35. The van der Waals surface area contributed by atoms with E-state index in [-0.39, 0.29) is 12.3 Å². The number of rotatable bonds is 5. The summed E-state index contributed by atoms with van der Waals surface area (Å²) in [5, 5.41) is 14.0. The van der Waals surface area contributed by atoms with Crippen LogP contribution in [0.2, 0.25) is 0 Å². The van der Waals surface area contributed by atoms with E-state index < -0.39 is 12.1 Å². The highest BCUT2D eigenvalue weighted by atomic mass is 16.6. The van der Waals surface area contributed by atoms with Gasteiger partial charge in [0.25, 0.3) is 0 Å². The molecule has 0 aliphatic heterocycles. The fraction of sp³-hybridized carbons (Fsp3) is 0.118. The Kier molecular flexibility index (Phi) is 5.46. The minimum absolute atomic E-state index is 0.0906. The fourth-order valence-electron chi connectivity index (χ4n) is 1.82. The third-order valence-corrected chi connectivity index (χ3v) is 2.97. The summed E-state index contributed by atoms with van der Waals surface area (Å²) in [6.07, 6.45) is -0.733. The third kappa shape index (κ3) is 4.67. The largest absolute Gasteiger partial charge is 0.476 e. The van der Waals surface area contributed by atoms with Gasteiger partial charge in [0.1, 0.15) is 6.61 Å². The number of hydrazone groups is 1. The van der Waals surface area contributed by atoms with Gasteiger partial charge in [-0.1, -0.05) is 60.7 Å². The summed E-state index contributed by atoms with van der Waals surface area (Å²) in [4.78, 5) is 23.2. The van der Waals surface area contributed by atoms with E-state index in [1.165, 1.54) is 7.05 Å². The molecule has 0 atom stereocenters. The molecule has 2 aromatic carbocycles. The molecule has 1 amide bonds. The number of nitrogens with zero attached hydrogens (tertiary/aromatic N) is 2. The van der Waals surface area contributed by atoms with Crippen molar-refractivity contribution in [2.24, 2.45) is 5.10 Å². The molecule has 0 spiro atoms. The Bertz CT molecular complexity index is 699. The highest BCUT2D eigenvalue weighted by Gasteiger charge is 2.17. The predicted molar refractivity (Wildman–Crippen MR) is 85.0 cm³/mol. The van der Waals surface area contributed by atoms with E-state index in [2.05, 4.69) is 5.10 Å². The first-order valence-corrected chi connectivity index (χ1v) is 6.89. The zero-order valence-electron chi connectivity index (χ0n) is 12.5. The number of benzene rings is 2. The lowest BCUT2D eigenvalue weighted by molar-refractivity contribution is -0.129. The molecule has 2 rings (SSSR count). The number of hydrogen-bond donors (Lipinski definition) is 1. The van der Waals surface area contributed by atoms with Gasteiger partial charge in [0, 0.05) is 12.6 Å². The molecule has 0 fully saturated rings. The number of carbonyl (C=O) groups is 2. The number of amides is 1. The van der Waals surface area contributed by atoms with E-state index in [0.29, 0.717) is 5.56 Å². The molecule has 118 valence electrons. The summed E-state index contributed by atoms with van der Waals surface area (Å²) in [5.74, 6) is -1.22. The van der Waals surface area contributed by atoms with E-state index in [1.807, 2.05) is 30.3 Å².